The molecule has 1 heterocycles. The molecule has 3 heteroatoms. The minimum atomic E-state index is 0.0394. The highest BCUT2D eigenvalue weighted by Crippen LogP contribution is 2.44. The number of hydrogen-bond acceptors (Lipinski definition) is 2. The molecule has 0 aromatic heterocycles. The van der Waals surface area contributed by atoms with Gasteiger partial charge >= 0.3 is 0 Å². The Bertz CT molecular complexity index is 319. The summed E-state index contributed by atoms with van der Waals surface area (Å²) in [5.74, 6) is 1.44. The van der Waals surface area contributed by atoms with Crippen molar-refractivity contribution in [3.8, 4) is 0 Å². The molecule has 1 unspecified atom stereocenters. The first kappa shape index (κ1) is 14.8. The maximum absolute atomic E-state index is 12.4. The second-order valence-corrected chi connectivity index (χ2v) is 7.43. The number of rotatable bonds is 5. The SMILES string of the molecule is CC(C)CC1(CN2CNC(C(C)C)C2=O)CCCC1. The highest BCUT2D eigenvalue weighted by molar-refractivity contribution is 5.84. The van der Waals surface area contributed by atoms with Gasteiger partial charge in [-0.25, -0.2) is 0 Å². The lowest BCUT2D eigenvalue weighted by Crippen LogP contribution is -2.40. The summed E-state index contributed by atoms with van der Waals surface area (Å²) in [4.78, 5) is 14.5. The van der Waals surface area contributed by atoms with Crippen LogP contribution in [0.2, 0.25) is 0 Å². The maximum atomic E-state index is 12.4. The summed E-state index contributed by atoms with van der Waals surface area (Å²) in [6.07, 6.45) is 6.57. The molecular weight excluding hydrogens is 236 g/mol. The van der Waals surface area contributed by atoms with Crippen LogP contribution in [-0.4, -0.2) is 30.1 Å². The molecule has 2 aliphatic rings. The number of carbonyl (C=O) groups excluding carboxylic acids is 1. The highest BCUT2D eigenvalue weighted by atomic mass is 16.2. The Morgan fingerprint density at radius 3 is 2.37 bits per heavy atom. The van der Waals surface area contributed by atoms with Crippen LogP contribution in [-0.2, 0) is 4.79 Å². The molecule has 1 amide bonds. The van der Waals surface area contributed by atoms with Gasteiger partial charge in [-0.1, -0.05) is 40.5 Å². The predicted octanol–water partition coefficient (Wildman–Crippen LogP) is 3.01. The Kier molecular flexibility index (Phi) is 4.54. The second-order valence-electron chi connectivity index (χ2n) is 7.43. The summed E-state index contributed by atoms with van der Waals surface area (Å²) >= 11 is 0. The molecular formula is C16H30N2O. The molecule has 1 atom stereocenters. The average molecular weight is 266 g/mol. The molecule has 1 saturated carbocycles. The van der Waals surface area contributed by atoms with Crippen LogP contribution in [0.3, 0.4) is 0 Å². The number of amides is 1. The number of hydrogen-bond donors (Lipinski definition) is 1. The fourth-order valence-corrected chi connectivity index (χ4v) is 4.05. The van der Waals surface area contributed by atoms with E-state index < -0.39 is 0 Å². The quantitative estimate of drug-likeness (QED) is 0.829. The lowest BCUT2D eigenvalue weighted by atomic mass is 9.78. The first-order valence-corrected chi connectivity index (χ1v) is 7.96. The van der Waals surface area contributed by atoms with Gasteiger partial charge < -0.3 is 4.90 Å². The Balaban J connectivity index is 2.01. The summed E-state index contributed by atoms with van der Waals surface area (Å²) in [6.45, 7) is 10.6. The molecule has 1 aliphatic carbocycles. The van der Waals surface area contributed by atoms with Crippen molar-refractivity contribution < 1.29 is 4.79 Å². The van der Waals surface area contributed by atoms with Crippen molar-refractivity contribution in [3.05, 3.63) is 0 Å². The van der Waals surface area contributed by atoms with Gasteiger partial charge in [0.1, 0.15) is 0 Å². The topological polar surface area (TPSA) is 32.3 Å². The Morgan fingerprint density at radius 2 is 1.89 bits per heavy atom. The van der Waals surface area contributed by atoms with Gasteiger partial charge in [-0.3, -0.25) is 10.1 Å². The van der Waals surface area contributed by atoms with Gasteiger partial charge in [0, 0.05) is 6.54 Å². The zero-order valence-electron chi connectivity index (χ0n) is 13.0. The Labute approximate surface area is 118 Å². The number of nitrogens with one attached hydrogen (secondary N) is 1. The normalized spacial score (nSPS) is 26.9. The van der Waals surface area contributed by atoms with Gasteiger partial charge in [0.25, 0.3) is 0 Å². The summed E-state index contributed by atoms with van der Waals surface area (Å²) in [5.41, 5.74) is 0.400. The molecule has 2 rings (SSSR count). The molecule has 0 bridgehead atoms. The smallest absolute Gasteiger partial charge is 0.241 e. The van der Waals surface area contributed by atoms with E-state index in [-0.39, 0.29) is 6.04 Å². The second kappa shape index (κ2) is 5.82. The fourth-order valence-electron chi connectivity index (χ4n) is 4.05. The first-order chi connectivity index (χ1) is 8.93. The van der Waals surface area contributed by atoms with Crippen molar-refractivity contribution in [1.82, 2.24) is 10.2 Å². The van der Waals surface area contributed by atoms with Crippen LogP contribution in [0.25, 0.3) is 0 Å². The third kappa shape index (κ3) is 3.31. The van der Waals surface area contributed by atoms with Crippen molar-refractivity contribution in [3.63, 3.8) is 0 Å². The van der Waals surface area contributed by atoms with Crippen molar-refractivity contribution in [1.29, 1.82) is 0 Å². The molecule has 2 fully saturated rings. The third-order valence-electron chi connectivity index (χ3n) is 4.78. The lowest BCUT2D eigenvalue weighted by molar-refractivity contribution is -0.131. The molecule has 1 aliphatic heterocycles. The minimum Gasteiger partial charge on any atom is -0.328 e. The van der Waals surface area contributed by atoms with Crippen LogP contribution < -0.4 is 5.32 Å². The van der Waals surface area contributed by atoms with Crippen molar-refractivity contribution in [2.24, 2.45) is 17.3 Å². The van der Waals surface area contributed by atoms with Gasteiger partial charge in [0.2, 0.25) is 5.91 Å². The molecule has 1 saturated heterocycles. The molecule has 3 nitrogen and oxygen atoms in total. The minimum absolute atomic E-state index is 0.0394. The van der Waals surface area contributed by atoms with E-state index >= 15 is 0 Å². The Hall–Kier alpha value is -0.570. The predicted molar refractivity (Wildman–Crippen MR) is 78.7 cm³/mol. The van der Waals surface area contributed by atoms with Crippen molar-refractivity contribution in [2.45, 2.75) is 65.8 Å². The van der Waals surface area contributed by atoms with Crippen molar-refractivity contribution >= 4 is 5.91 Å². The van der Waals surface area contributed by atoms with E-state index in [0.29, 0.717) is 17.2 Å². The van der Waals surface area contributed by atoms with E-state index in [1.54, 1.807) is 0 Å². The van der Waals surface area contributed by atoms with Gasteiger partial charge in [-0.2, -0.15) is 0 Å². The fraction of sp³-hybridized carbons (Fsp3) is 0.938. The molecule has 110 valence electrons. The molecule has 0 radical (unpaired) electrons. The van der Waals surface area contributed by atoms with E-state index in [0.717, 1.165) is 19.1 Å². The summed E-state index contributed by atoms with van der Waals surface area (Å²) in [7, 11) is 0. The molecule has 1 N–H and O–H groups in total. The van der Waals surface area contributed by atoms with Crippen LogP contribution in [0, 0.1) is 17.3 Å². The summed E-state index contributed by atoms with van der Waals surface area (Å²) < 4.78 is 0. The molecule has 19 heavy (non-hydrogen) atoms. The standard InChI is InChI=1S/C16H30N2O/c1-12(2)9-16(7-5-6-8-16)10-18-11-17-14(13(3)4)15(18)19/h12-14,17H,5-11H2,1-4H3. The monoisotopic (exact) mass is 266 g/mol. The van der Waals surface area contributed by atoms with Crippen LogP contribution in [0.4, 0.5) is 0 Å². The van der Waals surface area contributed by atoms with E-state index in [1.807, 2.05) is 0 Å². The van der Waals surface area contributed by atoms with Crippen LogP contribution >= 0.6 is 0 Å². The average Bonchev–Trinajstić information content (AvgIpc) is 2.87. The van der Waals surface area contributed by atoms with Gasteiger partial charge in [-0.15, -0.1) is 0 Å². The summed E-state index contributed by atoms with van der Waals surface area (Å²) in [6, 6.07) is 0.0394. The van der Waals surface area contributed by atoms with E-state index in [1.165, 1.54) is 32.1 Å². The third-order valence-corrected chi connectivity index (χ3v) is 4.78. The van der Waals surface area contributed by atoms with Crippen molar-refractivity contribution in [2.75, 3.05) is 13.2 Å². The highest BCUT2D eigenvalue weighted by Gasteiger charge is 2.41. The Morgan fingerprint density at radius 1 is 1.26 bits per heavy atom. The summed E-state index contributed by atoms with van der Waals surface area (Å²) in [5, 5.41) is 3.38. The van der Waals surface area contributed by atoms with E-state index in [4.69, 9.17) is 0 Å². The maximum Gasteiger partial charge on any atom is 0.241 e. The van der Waals surface area contributed by atoms with Gasteiger partial charge in [0.05, 0.1) is 12.7 Å². The lowest BCUT2D eigenvalue weighted by Gasteiger charge is -2.35. The molecule has 0 aromatic carbocycles. The van der Waals surface area contributed by atoms with Crippen LogP contribution in [0.1, 0.15) is 59.8 Å². The zero-order valence-corrected chi connectivity index (χ0v) is 13.0. The number of carbonyl (C=O) groups is 1. The first-order valence-electron chi connectivity index (χ1n) is 7.96. The largest absolute Gasteiger partial charge is 0.328 e. The number of nitrogens with zero attached hydrogens (tertiary/aromatic N) is 1. The van der Waals surface area contributed by atoms with Gasteiger partial charge in [0.15, 0.2) is 0 Å². The van der Waals surface area contributed by atoms with E-state index in [9.17, 15) is 4.79 Å². The van der Waals surface area contributed by atoms with Crippen LogP contribution in [0.5, 0.6) is 0 Å². The molecule has 0 spiro atoms. The van der Waals surface area contributed by atoms with Gasteiger partial charge in [-0.05, 0) is 36.5 Å². The van der Waals surface area contributed by atoms with E-state index in [2.05, 4.69) is 37.9 Å². The zero-order chi connectivity index (χ0) is 14.0. The van der Waals surface area contributed by atoms with Crippen LogP contribution in [0.15, 0.2) is 0 Å². The molecule has 0 aromatic rings.